The van der Waals surface area contributed by atoms with Gasteiger partial charge in [-0.15, -0.1) is 0 Å². The molecule has 1 unspecified atom stereocenters. The molecule has 1 fully saturated rings. The number of ether oxygens (including phenoxy) is 1. The largest absolute Gasteiger partial charge is 0.491 e. The molecular weight excluding hydrogens is 444 g/mol. The molecule has 34 heavy (non-hydrogen) atoms. The van der Waals surface area contributed by atoms with Crippen LogP contribution in [0.15, 0.2) is 53.6 Å². The van der Waals surface area contributed by atoms with E-state index in [1.165, 1.54) is 0 Å². The number of piperidine rings is 1. The molecule has 1 aliphatic rings. The lowest BCUT2D eigenvalue weighted by Gasteiger charge is -2.28. The van der Waals surface area contributed by atoms with Crippen LogP contribution in [0.2, 0.25) is 0 Å². The quantitative estimate of drug-likeness (QED) is 0.422. The van der Waals surface area contributed by atoms with Crippen LogP contribution in [0.3, 0.4) is 0 Å². The average Bonchev–Trinajstić information content (AvgIpc) is 3.27. The summed E-state index contributed by atoms with van der Waals surface area (Å²) in [4.78, 5) is 11.1. The van der Waals surface area contributed by atoms with E-state index in [0.717, 1.165) is 69.6 Å². The smallest absolute Gasteiger partial charge is 0.143 e. The Labute approximate surface area is 202 Å². The van der Waals surface area contributed by atoms with Crippen molar-refractivity contribution in [3.63, 3.8) is 0 Å². The molecular formula is C27H28N4O2S. The zero-order valence-electron chi connectivity index (χ0n) is 19.5. The van der Waals surface area contributed by atoms with Crippen LogP contribution in [0.4, 0.5) is 0 Å². The van der Waals surface area contributed by atoms with E-state index < -0.39 is 10.8 Å². The van der Waals surface area contributed by atoms with Crippen LogP contribution in [0.25, 0.3) is 33.1 Å². The van der Waals surface area contributed by atoms with Gasteiger partial charge in [-0.25, -0.2) is 4.98 Å². The van der Waals surface area contributed by atoms with Crippen molar-refractivity contribution in [1.29, 1.82) is 5.26 Å². The van der Waals surface area contributed by atoms with E-state index in [-0.39, 0.29) is 0 Å². The molecule has 3 heterocycles. The third-order valence-corrected chi connectivity index (χ3v) is 7.98. The van der Waals surface area contributed by atoms with Crippen LogP contribution < -0.4 is 4.74 Å². The first-order chi connectivity index (χ1) is 16.6. The van der Waals surface area contributed by atoms with Gasteiger partial charge in [0.2, 0.25) is 0 Å². The summed E-state index contributed by atoms with van der Waals surface area (Å²) in [6.07, 6.45) is 3.86. The Morgan fingerprint density at radius 3 is 2.82 bits per heavy atom. The molecule has 1 saturated heterocycles. The summed E-state index contributed by atoms with van der Waals surface area (Å²) < 4.78 is 18.8. The first-order valence-corrected chi connectivity index (χ1v) is 13.0. The number of hydrogen-bond acceptors (Lipinski definition) is 5. The van der Waals surface area contributed by atoms with Gasteiger partial charge in [0.25, 0.3) is 0 Å². The monoisotopic (exact) mass is 472 g/mol. The number of hydrogen-bond donors (Lipinski definition) is 1. The number of benzene rings is 2. The predicted molar refractivity (Wildman–Crippen MR) is 136 cm³/mol. The number of nitrogens with one attached hydrogen (secondary N) is 1. The van der Waals surface area contributed by atoms with Crippen molar-refractivity contribution in [3.8, 4) is 22.9 Å². The highest BCUT2D eigenvalue weighted by atomic mass is 32.2. The second kappa shape index (κ2) is 9.57. The number of likely N-dealkylation sites (tertiary alicyclic amines) is 1. The van der Waals surface area contributed by atoms with Crippen molar-refractivity contribution in [2.24, 2.45) is 5.92 Å². The summed E-state index contributed by atoms with van der Waals surface area (Å²) in [5, 5.41) is 11.3. The Morgan fingerprint density at radius 2 is 2.06 bits per heavy atom. The van der Waals surface area contributed by atoms with Crippen molar-refractivity contribution in [2.45, 2.75) is 24.7 Å². The molecule has 6 nitrogen and oxygen atoms in total. The molecule has 5 rings (SSSR count). The van der Waals surface area contributed by atoms with Gasteiger partial charge in [-0.2, -0.15) is 5.26 Å². The van der Waals surface area contributed by atoms with Gasteiger partial charge in [0.15, 0.2) is 0 Å². The van der Waals surface area contributed by atoms with Gasteiger partial charge in [0, 0.05) is 27.6 Å². The minimum atomic E-state index is -1.04. The molecule has 0 amide bonds. The average molecular weight is 473 g/mol. The third-order valence-electron chi connectivity index (χ3n) is 6.68. The molecule has 2 aromatic carbocycles. The zero-order valence-corrected chi connectivity index (χ0v) is 20.3. The van der Waals surface area contributed by atoms with Gasteiger partial charge in [0.1, 0.15) is 17.5 Å². The Hall–Kier alpha value is -3.21. The lowest BCUT2D eigenvalue weighted by molar-refractivity contribution is 0.161. The van der Waals surface area contributed by atoms with Crippen LogP contribution in [0.5, 0.6) is 5.75 Å². The number of rotatable bonds is 6. The van der Waals surface area contributed by atoms with Gasteiger partial charge in [-0.3, -0.25) is 4.21 Å². The maximum atomic E-state index is 12.5. The highest BCUT2D eigenvalue weighted by Crippen LogP contribution is 2.39. The lowest BCUT2D eigenvalue weighted by Crippen LogP contribution is -2.32. The molecule has 0 saturated carbocycles. The molecule has 0 aliphatic carbocycles. The molecule has 2 aromatic heterocycles. The van der Waals surface area contributed by atoms with Crippen LogP contribution in [0.1, 0.15) is 25.3 Å². The van der Waals surface area contributed by atoms with Crippen molar-refractivity contribution in [2.75, 3.05) is 32.5 Å². The highest BCUT2D eigenvalue weighted by molar-refractivity contribution is 7.85. The summed E-state index contributed by atoms with van der Waals surface area (Å²) >= 11 is 0. The van der Waals surface area contributed by atoms with Crippen LogP contribution in [0, 0.1) is 17.2 Å². The minimum Gasteiger partial charge on any atom is -0.491 e. The Balaban J connectivity index is 1.61. The Bertz CT molecular complexity index is 1410. The van der Waals surface area contributed by atoms with E-state index in [9.17, 15) is 9.47 Å². The number of fused-ring (bicyclic) bond motifs is 3. The number of H-pyrrole nitrogens is 1. The second-order valence-electron chi connectivity index (χ2n) is 8.94. The topological polar surface area (TPSA) is 82.0 Å². The van der Waals surface area contributed by atoms with Crippen LogP contribution >= 0.6 is 0 Å². The van der Waals surface area contributed by atoms with Crippen molar-refractivity contribution in [3.05, 3.63) is 54.2 Å². The molecule has 4 aromatic rings. The van der Waals surface area contributed by atoms with E-state index in [1.54, 1.807) is 6.20 Å². The SMILES string of the molecule is CCS(=O)c1cccc(-c2ccc(OCC3CCN(C)CC3)c3[nH]c4ncc(C#N)cc4c23)c1. The first-order valence-electron chi connectivity index (χ1n) is 11.7. The fraction of sp³-hybridized carbons (Fsp3) is 0.333. The zero-order chi connectivity index (χ0) is 23.7. The summed E-state index contributed by atoms with van der Waals surface area (Å²) in [6.45, 7) is 4.81. The van der Waals surface area contributed by atoms with E-state index in [4.69, 9.17) is 4.74 Å². The van der Waals surface area contributed by atoms with Gasteiger partial charge >= 0.3 is 0 Å². The van der Waals surface area contributed by atoms with E-state index in [1.807, 2.05) is 43.3 Å². The maximum Gasteiger partial charge on any atom is 0.143 e. The molecule has 174 valence electrons. The number of pyridine rings is 1. The standard InChI is InChI=1S/C27H28N4O2S/c1-3-34(32)21-6-4-5-20(14-21)22-7-8-24(33-17-18-9-11-31(2)12-10-18)26-25(22)23-13-19(15-28)16-29-27(23)30-26/h4-8,13-14,16,18H,3,9-12,17H2,1-2H3,(H,29,30). The van der Waals surface area contributed by atoms with Crippen LogP contribution in [-0.2, 0) is 10.8 Å². The van der Waals surface area contributed by atoms with Crippen molar-refractivity contribution < 1.29 is 8.95 Å². The summed E-state index contributed by atoms with van der Waals surface area (Å²) in [7, 11) is 1.13. The highest BCUT2D eigenvalue weighted by Gasteiger charge is 2.20. The van der Waals surface area contributed by atoms with Crippen LogP contribution in [-0.4, -0.2) is 51.6 Å². The van der Waals surface area contributed by atoms with Gasteiger partial charge in [0.05, 0.1) is 28.5 Å². The molecule has 7 heteroatoms. The molecule has 1 N–H and O–H groups in total. The summed E-state index contributed by atoms with van der Waals surface area (Å²) in [5.74, 6) is 1.91. The Morgan fingerprint density at radius 1 is 1.24 bits per heavy atom. The summed E-state index contributed by atoms with van der Waals surface area (Å²) in [6, 6.07) is 16.0. The maximum absolute atomic E-state index is 12.5. The second-order valence-corrected chi connectivity index (χ2v) is 10.7. The number of nitrogens with zero attached hydrogens (tertiary/aromatic N) is 3. The van der Waals surface area contributed by atoms with E-state index in [0.29, 0.717) is 23.8 Å². The Kier molecular flexibility index (Phi) is 6.36. The molecule has 0 spiro atoms. The van der Waals surface area contributed by atoms with Crippen molar-refractivity contribution in [1.82, 2.24) is 14.9 Å². The van der Waals surface area contributed by atoms with Gasteiger partial charge < -0.3 is 14.6 Å². The molecule has 0 bridgehead atoms. The van der Waals surface area contributed by atoms with Crippen molar-refractivity contribution >= 4 is 32.7 Å². The van der Waals surface area contributed by atoms with E-state index >= 15 is 0 Å². The number of aromatic amines is 1. The van der Waals surface area contributed by atoms with Gasteiger partial charge in [-0.05, 0) is 80.4 Å². The fourth-order valence-electron chi connectivity index (χ4n) is 4.69. The molecule has 1 atom stereocenters. The summed E-state index contributed by atoms with van der Waals surface area (Å²) in [5.41, 5.74) is 4.09. The number of nitriles is 1. The first kappa shape index (κ1) is 22.6. The molecule has 0 radical (unpaired) electrons. The third kappa shape index (κ3) is 4.31. The lowest BCUT2D eigenvalue weighted by atomic mass is 9.98. The predicted octanol–water partition coefficient (Wildman–Crippen LogP) is 5.10. The van der Waals surface area contributed by atoms with Gasteiger partial charge in [-0.1, -0.05) is 19.1 Å². The minimum absolute atomic E-state index is 0.512. The number of aromatic nitrogens is 2. The fourth-order valence-corrected chi connectivity index (χ4v) is 5.51. The normalized spacial score (nSPS) is 16.0. The van der Waals surface area contributed by atoms with E-state index in [2.05, 4.69) is 34.1 Å². The molecule has 1 aliphatic heterocycles.